The zero-order chi connectivity index (χ0) is 22.7. The molecule has 0 aliphatic heterocycles. The van der Waals surface area contributed by atoms with Gasteiger partial charge in [-0.25, -0.2) is 9.48 Å². The molecule has 0 radical (unpaired) electrons. The van der Waals surface area contributed by atoms with Crippen LogP contribution in [0.5, 0.6) is 5.75 Å². The summed E-state index contributed by atoms with van der Waals surface area (Å²) in [4.78, 5) is 25.2. The van der Waals surface area contributed by atoms with Crippen molar-refractivity contribution in [3.05, 3.63) is 87.4 Å². The number of anilines is 1. The van der Waals surface area contributed by atoms with E-state index in [0.29, 0.717) is 29.3 Å². The second-order valence-corrected chi connectivity index (χ2v) is 7.72. The number of ether oxygens (including phenoxy) is 1. The van der Waals surface area contributed by atoms with E-state index >= 15 is 0 Å². The molecule has 0 atom stereocenters. The lowest BCUT2D eigenvalue weighted by atomic mass is 10.0. The van der Waals surface area contributed by atoms with Crippen molar-refractivity contribution in [3.8, 4) is 5.75 Å². The molecular formula is C25H25N3O4. The summed E-state index contributed by atoms with van der Waals surface area (Å²) in [5, 5.41) is 8.24. The lowest BCUT2D eigenvalue weighted by molar-refractivity contribution is -0.116. The van der Waals surface area contributed by atoms with Crippen LogP contribution in [0.4, 0.5) is 5.82 Å². The average molecular weight is 431 g/mol. The Bertz CT molecular complexity index is 1320. The second kappa shape index (κ2) is 9.09. The van der Waals surface area contributed by atoms with Gasteiger partial charge < -0.3 is 14.5 Å². The van der Waals surface area contributed by atoms with Crippen molar-refractivity contribution in [2.45, 2.75) is 33.2 Å². The molecule has 0 fully saturated rings. The molecule has 7 heteroatoms. The summed E-state index contributed by atoms with van der Waals surface area (Å²) >= 11 is 0. The van der Waals surface area contributed by atoms with Gasteiger partial charge in [-0.3, -0.25) is 4.79 Å². The Morgan fingerprint density at radius 3 is 2.66 bits per heavy atom. The predicted octanol–water partition coefficient (Wildman–Crippen LogP) is 4.23. The highest BCUT2D eigenvalue weighted by Gasteiger charge is 2.15. The van der Waals surface area contributed by atoms with E-state index < -0.39 is 5.63 Å². The van der Waals surface area contributed by atoms with Crippen molar-refractivity contribution in [3.63, 3.8) is 0 Å². The molecule has 7 nitrogen and oxygen atoms in total. The van der Waals surface area contributed by atoms with Crippen LogP contribution in [0.15, 0.2) is 63.8 Å². The first-order chi connectivity index (χ1) is 15.4. The second-order valence-electron chi connectivity index (χ2n) is 7.72. The summed E-state index contributed by atoms with van der Waals surface area (Å²) in [7, 11) is 1.56. The smallest absolute Gasteiger partial charge is 0.339 e. The SMILES string of the molecule is COc1ccc2c(C)c(CCC(=O)Nc3cc(C)nn3Cc3ccccc3)c(=O)oc2c1. The van der Waals surface area contributed by atoms with Crippen LogP contribution >= 0.6 is 0 Å². The zero-order valence-corrected chi connectivity index (χ0v) is 18.3. The fraction of sp³-hybridized carbons (Fsp3) is 0.240. The minimum atomic E-state index is -0.430. The Labute approximate surface area is 185 Å². The van der Waals surface area contributed by atoms with Gasteiger partial charge in [0.05, 0.1) is 19.3 Å². The van der Waals surface area contributed by atoms with Crippen molar-refractivity contribution in [1.82, 2.24) is 9.78 Å². The number of carbonyl (C=O) groups excluding carboxylic acids is 1. The topological polar surface area (TPSA) is 86.4 Å². The minimum Gasteiger partial charge on any atom is -0.497 e. The predicted molar refractivity (Wildman–Crippen MR) is 123 cm³/mol. The fourth-order valence-electron chi connectivity index (χ4n) is 3.76. The highest BCUT2D eigenvalue weighted by Crippen LogP contribution is 2.24. The molecular weight excluding hydrogens is 406 g/mol. The van der Waals surface area contributed by atoms with Crippen LogP contribution < -0.4 is 15.7 Å². The maximum Gasteiger partial charge on any atom is 0.339 e. The molecule has 1 amide bonds. The normalized spacial score (nSPS) is 11.0. The van der Waals surface area contributed by atoms with E-state index in [0.717, 1.165) is 22.2 Å². The van der Waals surface area contributed by atoms with E-state index in [1.54, 1.807) is 17.9 Å². The maximum absolute atomic E-state index is 12.7. The van der Waals surface area contributed by atoms with Gasteiger partial charge in [0, 0.05) is 29.5 Å². The Morgan fingerprint density at radius 2 is 1.91 bits per heavy atom. The van der Waals surface area contributed by atoms with Crippen molar-refractivity contribution in [1.29, 1.82) is 0 Å². The van der Waals surface area contributed by atoms with Crippen LogP contribution in [-0.4, -0.2) is 22.8 Å². The zero-order valence-electron chi connectivity index (χ0n) is 18.3. The molecule has 0 saturated carbocycles. The number of amides is 1. The lowest BCUT2D eigenvalue weighted by Gasteiger charge is -2.10. The van der Waals surface area contributed by atoms with Gasteiger partial charge in [0.1, 0.15) is 17.2 Å². The van der Waals surface area contributed by atoms with E-state index in [4.69, 9.17) is 9.15 Å². The molecule has 0 unspecified atom stereocenters. The number of carbonyl (C=O) groups is 1. The van der Waals surface area contributed by atoms with Gasteiger partial charge in [-0.15, -0.1) is 0 Å². The fourth-order valence-corrected chi connectivity index (χ4v) is 3.76. The number of nitrogens with zero attached hydrogens (tertiary/aromatic N) is 2. The summed E-state index contributed by atoms with van der Waals surface area (Å²) in [6, 6.07) is 17.1. The molecule has 4 rings (SSSR count). The Hall–Kier alpha value is -3.87. The third-order valence-corrected chi connectivity index (χ3v) is 5.44. The summed E-state index contributed by atoms with van der Waals surface area (Å²) < 4.78 is 12.4. The molecule has 0 bridgehead atoms. The number of methoxy groups -OCH3 is 1. The van der Waals surface area contributed by atoms with Gasteiger partial charge in [-0.2, -0.15) is 5.10 Å². The monoisotopic (exact) mass is 431 g/mol. The molecule has 1 N–H and O–H groups in total. The van der Waals surface area contributed by atoms with Gasteiger partial charge in [0.25, 0.3) is 0 Å². The molecule has 32 heavy (non-hydrogen) atoms. The summed E-state index contributed by atoms with van der Waals surface area (Å²) in [5.74, 6) is 1.06. The quantitative estimate of drug-likeness (QED) is 0.443. The van der Waals surface area contributed by atoms with E-state index in [-0.39, 0.29) is 18.7 Å². The molecule has 4 aromatic rings. The lowest BCUT2D eigenvalue weighted by Crippen LogP contribution is -2.18. The van der Waals surface area contributed by atoms with Gasteiger partial charge in [0.2, 0.25) is 5.91 Å². The summed E-state index contributed by atoms with van der Waals surface area (Å²) in [6.07, 6.45) is 0.441. The Kier molecular flexibility index (Phi) is 6.07. The number of aryl methyl sites for hydroxylation is 2. The number of nitrogens with one attached hydrogen (secondary N) is 1. The number of benzene rings is 2. The number of hydrogen-bond acceptors (Lipinski definition) is 5. The van der Waals surface area contributed by atoms with Crippen LogP contribution in [0.1, 0.15) is 28.8 Å². The molecule has 0 spiro atoms. The molecule has 0 saturated heterocycles. The van der Waals surface area contributed by atoms with Crippen LogP contribution in [-0.2, 0) is 17.8 Å². The van der Waals surface area contributed by atoms with Crippen LogP contribution in [0, 0.1) is 13.8 Å². The minimum absolute atomic E-state index is 0.156. The van der Waals surface area contributed by atoms with Gasteiger partial charge in [0.15, 0.2) is 0 Å². The average Bonchev–Trinajstić information content (AvgIpc) is 3.12. The third kappa shape index (κ3) is 4.56. The number of hydrogen-bond donors (Lipinski definition) is 1. The number of fused-ring (bicyclic) bond motifs is 1. The summed E-state index contributed by atoms with van der Waals surface area (Å²) in [5.41, 5.74) is 3.27. The van der Waals surface area contributed by atoms with Crippen LogP contribution in [0.3, 0.4) is 0 Å². The van der Waals surface area contributed by atoms with Crippen molar-refractivity contribution in [2.75, 3.05) is 12.4 Å². The van der Waals surface area contributed by atoms with E-state index in [2.05, 4.69) is 10.4 Å². The van der Waals surface area contributed by atoms with E-state index in [1.807, 2.05) is 62.4 Å². The largest absolute Gasteiger partial charge is 0.497 e. The third-order valence-electron chi connectivity index (χ3n) is 5.44. The Balaban J connectivity index is 1.48. The maximum atomic E-state index is 12.7. The highest BCUT2D eigenvalue weighted by molar-refractivity contribution is 5.90. The molecule has 0 aliphatic rings. The van der Waals surface area contributed by atoms with Crippen molar-refractivity contribution < 1.29 is 13.9 Å². The first-order valence-corrected chi connectivity index (χ1v) is 10.4. The van der Waals surface area contributed by atoms with E-state index in [9.17, 15) is 9.59 Å². The summed E-state index contributed by atoms with van der Waals surface area (Å²) in [6.45, 7) is 4.31. The van der Waals surface area contributed by atoms with Gasteiger partial charge in [-0.05, 0) is 43.5 Å². The molecule has 0 aliphatic carbocycles. The Morgan fingerprint density at radius 1 is 1.12 bits per heavy atom. The molecule has 2 aromatic heterocycles. The standard InChI is InChI=1S/C25H25N3O4/c1-16-13-23(28(27-16)15-18-7-5-4-6-8-18)26-24(29)12-11-21-17(2)20-10-9-19(31-3)14-22(20)32-25(21)30/h4-10,13-14H,11-12,15H2,1-3H3,(H,26,29). The molecule has 164 valence electrons. The van der Waals surface area contributed by atoms with Gasteiger partial charge >= 0.3 is 5.63 Å². The molecule has 2 heterocycles. The van der Waals surface area contributed by atoms with Crippen molar-refractivity contribution >= 4 is 22.7 Å². The number of rotatable bonds is 7. The molecule has 2 aromatic carbocycles. The van der Waals surface area contributed by atoms with Crippen molar-refractivity contribution in [2.24, 2.45) is 0 Å². The highest BCUT2D eigenvalue weighted by atomic mass is 16.5. The van der Waals surface area contributed by atoms with Crippen LogP contribution in [0.2, 0.25) is 0 Å². The first kappa shape index (κ1) is 21.4. The number of aromatic nitrogens is 2. The van der Waals surface area contributed by atoms with E-state index in [1.165, 1.54) is 0 Å². The van der Waals surface area contributed by atoms with Crippen LogP contribution in [0.25, 0.3) is 11.0 Å². The van der Waals surface area contributed by atoms with Gasteiger partial charge in [-0.1, -0.05) is 30.3 Å². The first-order valence-electron chi connectivity index (χ1n) is 10.4.